The summed E-state index contributed by atoms with van der Waals surface area (Å²) < 4.78 is 0. The van der Waals surface area contributed by atoms with Crippen LogP contribution in [0.3, 0.4) is 0 Å². The molecule has 4 heteroatoms. The summed E-state index contributed by atoms with van der Waals surface area (Å²) in [5.41, 5.74) is 0. The second kappa shape index (κ2) is 9.70. The molecular weight excluding hydrogens is 236 g/mol. The average Bonchev–Trinajstić information content (AvgIpc) is 2.72. The predicted octanol–water partition coefficient (Wildman–Crippen LogP) is 2.02. The first-order chi connectivity index (χ1) is 8.81. The quantitative estimate of drug-likeness (QED) is 0.545. The van der Waals surface area contributed by atoms with Crippen molar-refractivity contribution < 1.29 is 0 Å². The van der Waals surface area contributed by atoms with Crippen molar-refractivity contribution in [2.24, 2.45) is 0 Å². The summed E-state index contributed by atoms with van der Waals surface area (Å²) in [5.74, 6) is 0. The Labute approximate surface area is 120 Å². The van der Waals surface area contributed by atoms with Crippen LogP contribution in [0.1, 0.15) is 61.8 Å². The van der Waals surface area contributed by atoms with Crippen LogP contribution in [0.15, 0.2) is 0 Å². The van der Waals surface area contributed by atoms with Crippen LogP contribution < -0.4 is 21.3 Å². The third kappa shape index (κ3) is 7.88. The van der Waals surface area contributed by atoms with Gasteiger partial charge in [0.25, 0.3) is 0 Å². The van der Waals surface area contributed by atoms with E-state index in [1.807, 2.05) is 0 Å². The molecule has 0 aromatic carbocycles. The lowest BCUT2D eigenvalue weighted by atomic mass is 10.2. The summed E-state index contributed by atoms with van der Waals surface area (Å²) in [4.78, 5) is 0. The highest BCUT2D eigenvalue weighted by atomic mass is 15.2. The molecule has 0 aromatic rings. The molecule has 0 bridgehead atoms. The molecule has 4 atom stereocenters. The summed E-state index contributed by atoms with van der Waals surface area (Å²) in [6, 6.07) is 2.52. The Morgan fingerprint density at radius 2 is 0.684 bits per heavy atom. The first kappa shape index (κ1) is 18.8. The van der Waals surface area contributed by atoms with Gasteiger partial charge in [0, 0.05) is 24.2 Å². The fourth-order valence-corrected chi connectivity index (χ4v) is 2.25. The summed E-state index contributed by atoms with van der Waals surface area (Å²) >= 11 is 0. The van der Waals surface area contributed by atoms with E-state index in [0.29, 0.717) is 36.5 Å². The Bertz CT molecular complexity index is 180. The van der Waals surface area contributed by atoms with E-state index in [1.165, 1.54) is 6.42 Å². The zero-order chi connectivity index (χ0) is 15.0. The fraction of sp³-hybridized carbons (Fsp3) is 1.00. The van der Waals surface area contributed by atoms with Crippen LogP contribution in [0.25, 0.3) is 0 Å². The first-order valence-electron chi connectivity index (χ1n) is 7.85. The SMILES string of the molecule is CC1NC(C)C(C)N1.CC1NC(C)C(C)N1.CCC. The molecule has 116 valence electrons. The topological polar surface area (TPSA) is 48.1 Å². The maximum Gasteiger partial charge on any atom is 0.0547 e. The summed E-state index contributed by atoms with van der Waals surface area (Å²) in [7, 11) is 0. The second-order valence-corrected chi connectivity index (χ2v) is 5.97. The van der Waals surface area contributed by atoms with Gasteiger partial charge in [0.1, 0.15) is 0 Å². The van der Waals surface area contributed by atoms with E-state index in [2.05, 4.69) is 76.7 Å². The molecule has 2 fully saturated rings. The van der Waals surface area contributed by atoms with Crippen LogP contribution in [0.5, 0.6) is 0 Å². The van der Waals surface area contributed by atoms with Crippen molar-refractivity contribution in [3.8, 4) is 0 Å². The summed E-state index contributed by atoms with van der Waals surface area (Å²) in [6.07, 6.45) is 2.25. The Morgan fingerprint density at radius 1 is 0.526 bits per heavy atom. The van der Waals surface area contributed by atoms with E-state index in [0.717, 1.165) is 0 Å². The highest BCUT2D eigenvalue weighted by Gasteiger charge is 2.22. The molecule has 2 aliphatic rings. The number of rotatable bonds is 0. The maximum atomic E-state index is 3.36. The lowest BCUT2D eigenvalue weighted by Gasteiger charge is -2.05. The van der Waals surface area contributed by atoms with Crippen molar-refractivity contribution in [3.63, 3.8) is 0 Å². The molecule has 0 radical (unpaired) electrons. The number of nitrogens with one attached hydrogen (secondary N) is 4. The molecule has 0 amide bonds. The van der Waals surface area contributed by atoms with Gasteiger partial charge in [0.05, 0.1) is 12.3 Å². The zero-order valence-corrected chi connectivity index (χ0v) is 14.2. The van der Waals surface area contributed by atoms with Gasteiger partial charge in [-0.1, -0.05) is 20.3 Å². The highest BCUT2D eigenvalue weighted by molar-refractivity contribution is 4.85. The minimum absolute atomic E-state index is 0.500. The van der Waals surface area contributed by atoms with Crippen LogP contribution >= 0.6 is 0 Å². The van der Waals surface area contributed by atoms with E-state index in [9.17, 15) is 0 Å². The number of hydrogen-bond donors (Lipinski definition) is 4. The molecule has 4 unspecified atom stereocenters. The third-order valence-electron chi connectivity index (χ3n) is 3.55. The van der Waals surface area contributed by atoms with Gasteiger partial charge in [-0.15, -0.1) is 0 Å². The molecule has 19 heavy (non-hydrogen) atoms. The number of hydrogen-bond acceptors (Lipinski definition) is 4. The normalized spacial score (nSPS) is 41.1. The van der Waals surface area contributed by atoms with Gasteiger partial charge in [-0.25, -0.2) is 0 Å². The monoisotopic (exact) mass is 272 g/mol. The molecule has 4 N–H and O–H groups in total. The van der Waals surface area contributed by atoms with E-state index in [1.54, 1.807) is 0 Å². The molecule has 4 nitrogen and oxygen atoms in total. The van der Waals surface area contributed by atoms with Crippen molar-refractivity contribution in [2.45, 2.75) is 98.3 Å². The lowest BCUT2D eigenvalue weighted by Crippen LogP contribution is -2.28. The van der Waals surface area contributed by atoms with E-state index in [-0.39, 0.29) is 0 Å². The minimum Gasteiger partial charge on any atom is -0.298 e. The first-order valence-corrected chi connectivity index (χ1v) is 7.85. The van der Waals surface area contributed by atoms with Crippen LogP contribution in [0.2, 0.25) is 0 Å². The molecule has 0 spiro atoms. The molecule has 2 aliphatic heterocycles. The molecule has 0 saturated carbocycles. The van der Waals surface area contributed by atoms with Crippen molar-refractivity contribution in [1.29, 1.82) is 0 Å². The van der Waals surface area contributed by atoms with Crippen molar-refractivity contribution in [3.05, 3.63) is 0 Å². The van der Waals surface area contributed by atoms with Crippen molar-refractivity contribution >= 4 is 0 Å². The average molecular weight is 272 g/mol. The van der Waals surface area contributed by atoms with E-state index >= 15 is 0 Å². The molecule has 2 saturated heterocycles. The largest absolute Gasteiger partial charge is 0.298 e. The van der Waals surface area contributed by atoms with Crippen molar-refractivity contribution in [1.82, 2.24) is 21.3 Å². The maximum absolute atomic E-state index is 3.36. The Balaban J connectivity index is 0.000000284. The molecular formula is C15H36N4. The van der Waals surface area contributed by atoms with Crippen molar-refractivity contribution in [2.75, 3.05) is 0 Å². The van der Waals surface area contributed by atoms with Gasteiger partial charge in [-0.2, -0.15) is 0 Å². The fourth-order valence-electron chi connectivity index (χ4n) is 2.25. The van der Waals surface area contributed by atoms with Gasteiger partial charge >= 0.3 is 0 Å². The summed E-state index contributed by atoms with van der Waals surface area (Å²) in [6.45, 7) is 17.3. The van der Waals surface area contributed by atoms with Crippen LogP contribution in [-0.2, 0) is 0 Å². The Kier molecular flexibility index (Phi) is 9.62. The van der Waals surface area contributed by atoms with Gasteiger partial charge < -0.3 is 0 Å². The van der Waals surface area contributed by atoms with Gasteiger partial charge in [-0.3, -0.25) is 21.3 Å². The second-order valence-electron chi connectivity index (χ2n) is 5.97. The van der Waals surface area contributed by atoms with Gasteiger partial charge in [0.2, 0.25) is 0 Å². The Hall–Kier alpha value is -0.160. The Morgan fingerprint density at radius 3 is 0.737 bits per heavy atom. The van der Waals surface area contributed by atoms with Crippen LogP contribution in [-0.4, -0.2) is 36.5 Å². The lowest BCUT2D eigenvalue weighted by molar-refractivity contribution is 0.575. The summed E-state index contributed by atoms with van der Waals surface area (Å²) in [5, 5.41) is 13.4. The third-order valence-corrected chi connectivity index (χ3v) is 3.55. The zero-order valence-electron chi connectivity index (χ0n) is 14.2. The van der Waals surface area contributed by atoms with Gasteiger partial charge in [0.15, 0.2) is 0 Å². The van der Waals surface area contributed by atoms with E-state index in [4.69, 9.17) is 0 Å². The molecule has 2 heterocycles. The standard InChI is InChI=1S/2C6H14N2.C3H8/c2*1-4-5(2)8-6(3)7-4;1-3-2/h2*4-8H,1-3H3;3H2,1-2H3. The van der Waals surface area contributed by atoms with Crippen LogP contribution in [0.4, 0.5) is 0 Å². The molecule has 0 aromatic heterocycles. The minimum atomic E-state index is 0.500. The van der Waals surface area contributed by atoms with E-state index < -0.39 is 0 Å². The predicted molar refractivity (Wildman–Crippen MR) is 85.3 cm³/mol. The smallest absolute Gasteiger partial charge is 0.0547 e. The van der Waals surface area contributed by atoms with Crippen LogP contribution in [0, 0.1) is 0 Å². The molecule has 0 aliphatic carbocycles. The highest BCUT2D eigenvalue weighted by Crippen LogP contribution is 2.01. The molecule has 2 rings (SSSR count). The van der Waals surface area contributed by atoms with Gasteiger partial charge in [-0.05, 0) is 41.5 Å².